The third-order valence-corrected chi connectivity index (χ3v) is 2.78. The Morgan fingerprint density at radius 2 is 2.29 bits per heavy atom. The number of anilines is 1. The first-order chi connectivity index (χ1) is 6.75. The number of aromatic nitrogens is 2. The molecule has 1 heterocycles. The molecule has 4 heteroatoms. The molecule has 1 aliphatic carbocycles. The van der Waals surface area contributed by atoms with Crippen molar-refractivity contribution in [2.75, 3.05) is 5.32 Å². The number of nitrogens with zero attached hydrogens (tertiary/aromatic N) is 2. The second kappa shape index (κ2) is 4.00. The predicted molar refractivity (Wildman–Crippen MR) is 55.1 cm³/mol. The number of nitrogens with one attached hydrogen (secondary N) is 1. The molecule has 0 amide bonds. The molecule has 14 heavy (non-hydrogen) atoms. The fourth-order valence-electron chi connectivity index (χ4n) is 1.96. The van der Waals surface area contributed by atoms with Gasteiger partial charge in [-0.2, -0.15) is 5.10 Å². The molecular formula is C10H17N3O. The highest BCUT2D eigenvalue weighted by molar-refractivity contribution is 5.34. The lowest BCUT2D eigenvalue weighted by Gasteiger charge is -2.28. The monoisotopic (exact) mass is 195 g/mol. The number of hydrogen-bond acceptors (Lipinski definition) is 3. The van der Waals surface area contributed by atoms with Crippen LogP contribution in [0.1, 0.15) is 25.7 Å². The fourth-order valence-corrected chi connectivity index (χ4v) is 1.96. The molecule has 2 rings (SSSR count). The van der Waals surface area contributed by atoms with Crippen LogP contribution in [0.4, 0.5) is 5.82 Å². The first-order valence-electron chi connectivity index (χ1n) is 5.20. The topological polar surface area (TPSA) is 50.1 Å². The summed E-state index contributed by atoms with van der Waals surface area (Å²) in [4.78, 5) is 0. The quantitative estimate of drug-likeness (QED) is 0.744. The van der Waals surface area contributed by atoms with Gasteiger partial charge < -0.3 is 10.4 Å². The zero-order chi connectivity index (χ0) is 9.97. The van der Waals surface area contributed by atoms with Crippen LogP contribution in [0, 0.1) is 0 Å². The van der Waals surface area contributed by atoms with Crippen LogP contribution in [-0.2, 0) is 7.05 Å². The van der Waals surface area contributed by atoms with Crippen molar-refractivity contribution < 1.29 is 5.11 Å². The lowest BCUT2D eigenvalue weighted by Crippen LogP contribution is -2.36. The first kappa shape index (κ1) is 9.52. The Morgan fingerprint density at radius 1 is 1.50 bits per heavy atom. The van der Waals surface area contributed by atoms with E-state index in [1.165, 1.54) is 6.42 Å². The van der Waals surface area contributed by atoms with Gasteiger partial charge in [0.1, 0.15) is 5.82 Å². The molecule has 0 saturated heterocycles. The van der Waals surface area contributed by atoms with Crippen molar-refractivity contribution in [1.29, 1.82) is 0 Å². The van der Waals surface area contributed by atoms with Gasteiger partial charge in [0.25, 0.3) is 0 Å². The summed E-state index contributed by atoms with van der Waals surface area (Å²) in [5, 5.41) is 17.2. The Morgan fingerprint density at radius 3 is 2.93 bits per heavy atom. The highest BCUT2D eigenvalue weighted by Crippen LogP contribution is 2.21. The Hall–Kier alpha value is -1.03. The van der Waals surface area contributed by atoms with Gasteiger partial charge in [0.05, 0.1) is 12.1 Å². The van der Waals surface area contributed by atoms with Gasteiger partial charge in [-0.1, -0.05) is 12.8 Å². The largest absolute Gasteiger partial charge is 0.391 e. The molecule has 0 bridgehead atoms. The summed E-state index contributed by atoms with van der Waals surface area (Å²) in [5.74, 6) is 0.860. The van der Waals surface area contributed by atoms with E-state index in [2.05, 4.69) is 10.4 Å². The average Bonchev–Trinajstić information content (AvgIpc) is 2.56. The summed E-state index contributed by atoms with van der Waals surface area (Å²) in [7, 11) is 1.89. The molecule has 4 nitrogen and oxygen atoms in total. The van der Waals surface area contributed by atoms with Crippen LogP contribution in [0.5, 0.6) is 0 Å². The van der Waals surface area contributed by atoms with Crippen LogP contribution in [0.2, 0.25) is 0 Å². The highest BCUT2D eigenvalue weighted by Gasteiger charge is 2.22. The molecule has 0 aromatic carbocycles. The maximum atomic E-state index is 9.74. The minimum Gasteiger partial charge on any atom is -0.391 e. The Balaban J connectivity index is 1.95. The number of rotatable bonds is 2. The Labute approximate surface area is 83.9 Å². The number of aliphatic hydroxyl groups is 1. The van der Waals surface area contributed by atoms with E-state index in [4.69, 9.17) is 0 Å². The van der Waals surface area contributed by atoms with Crippen molar-refractivity contribution >= 4 is 5.82 Å². The lowest BCUT2D eigenvalue weighted by molar-refractivity contribution is 0.116. The Bertz CT molecular complexity index is 297. The molecule has 1 aliphatic rings. The van der Waals surface area contributed by atoms with Gasteiger partial charge in [0, 0.05) is 19.3 Å². The maximum Gasteiger partial charge on any atom is 0.148 e. The van der Waals surface area contributed by atoms with Gasteiger partial charge in [-0.3, -0.25) is 4.68 Å². The molecule has 0 aliphatic heterocycles. The summed E-state index contributed by atoms with van der Waals surface area (Å²) < 4.78 is 1.76. The van der Waals surface area contributed by atoms with Gasteiger partial charge in [-0.25, -0.2) is 0 Å². The van der Waals surface area contributed by atoms with E-state index in [0.717, 1.165) is 25.1 Å². The normalized spacial score (nSPS) is 27.6. The first-order valence-corrected chi connectivity index (χ1v) is 5.20. The maximum absolute atomic E-state index is 9.74. The molecule has 1 aromatic heterocycles. The zero-order valence-electron chi connectivity index (χ0n) is 8.48. The van der Waals surface area contributed by atoms with Crippen molar-refractivity contribution in [2.24, 2.45) is 7.05 Å². The number of aryl methyl sites for hydroxylation is 1. The molecule has 1 saturated carbocycles. The van der Waals surface area contributed by atoms with E-state index in [1.807, 2.05) is 19.3 Å². The summed E-state index contributed by atoms with van der Waals surface area (Å²) >= 11 is 0. The van der Waals surface area contributed by atoms with E-state index in [0.29, 0.717) is 0 Å². The molecule has 0 spiro atoms. The SMILES string of the molecule is Cn1ccc(NC2CCCCC2O)n1. The molecule has 0 radical (unpaired) electrons. The minimum atomic E-state index is -0.217. The van der Waals surface area contributed by atoms with Crippen LogP contribution < -0.4 is 5.32 Å². The third kappa shape index (κ3) is 2.07. The van der Waals surface area contributed by atoms with Crippen molar-refractivity contribution in [2.45, 2.75) is 37.8 Å². The van der Waals surface area contributed by atoms with Crippen LogP contribution >= 0.6 is 0 Å². The van der Waals surface area contributed by atoms with Gasteiger partial charge in [-0.15, -0.1) is 0 Å². The molecular weight excluding hydrogens is 178 g/mol. The van der Waals surface area contributed by atoms with Crippen LogP contribution in [-0.4, -0.2) is 27.0 Å². The molecule has 2 atom stereocenters. The van der Waals surface area contributed by atoms with E-state index in [-0.39, 0.29) is 12.1 Å². The smallest absolute Gasteiger partial charge is 0.148 e. The number of hydrogen-bond donors (Lipinski definition) is 2. The molecule has 78 valence electrons. The van der Waals surface area contributed by atoms with Gasteiger partial charge in [0.15, 0.2) is 0 Å². The van der Waals surface area contributed by atoms with Crippen LogP contribution in [0.15, 0.2) is 12.3 Å². The van der Waals surface area contributed by atoms with Crippen molar-refractivity contribution in [3.8, 4) is 0 Å². The highest BCUT2D eigenvalue weighted by atomic mass is 16.3. The number of aliphatic hydroxyl groups excluding tert-OH is 1. The summed E-state index contributed by atoms with van der Waals surface area (Å²) in [6, 6.07) is 2.11. The third-order valence-electron chi connectivity index (χ3n) is 2.78. The van der Waals surface area contributed by atoms with E-state index < -0.39 is 0 Å². The van der Waals surface area contributed by atoms with Crippen molar-refractivity contribution in [3.05, 3.63) is 12.3 Å². The van der Waals surface area contributed by atoms with E-state index >= 15 is 0 Å². The second-order valence-corrected chi connectivity index (χ2v) is 3.98. The van der Waals surface area contributed by atoms with Crippen molar-refractivity contribution in [3.63, 3.8) is 0 Å². The second-order valence-electron chi connectivity index (χ2n) is 3.98. The molecule has 1 aromatic rings. The van der Waals surface area contributed by atoms with E-state index in [9.17, 15) is 5.11 Å². The Kier molecular flexibility index (Phi) is 2.72. The zero-order valence-corrected chi connectivity index (χ0v) is 8.48. The van der Waals surface area contributed by atoms with Gasteiger partial charge >= 0.3 is 0 Å². The average molecular weight is 195 g/mol. The summed E-state index contributed by atoms with van der Waals surface area (Å²) in [6.07, 6.45) is 5.97. The van der Waals surface area contributed by atoms with Gasteiger partial charge in [-0.05, 0) is 12.8 Å². The fraction of sp³-hybridized carbons (Fsp3) is 0.700. The van der Waals surface area contributed by atoms with Gasteiger partial charge in [0.2, 0.25) is 0 Å². The minimum absolute atomic E-state index is 0.179. The van der Waals surface area contributed by atoms with Crippen molar-refractivity contribution in [1.82, 2.24) is 9.78 Å². The predicted octanol–water partition coefficient (Wildman–Crippen LogP) is 1.14. The molecule has 1 fully saturated rings. The lowest BCUT2D eigenvalue weighted by atomic mass is 9.93. The van der Waals surface area contributed by atoms with Crippen LogP contribution in [0.3, 0.4) is 0 Å². The summed E-state index contributed by atoms with van der Waals surface area (Å²) in [5.41, 5.74) is 0. The van der Waals surface area contributed by atoms with Crippen LogP contribution in [0.25, 0.3) is 0 Å². The standard InChI is InChI=1S/C10H17N3O/c1-13-7-6-10(12-13)11-8-4-2-3-5-9(8)14/h6-9,14H,2-5H2,1H3,(H,11,12). The summed E-state index contributed by atoms with van der Waals surface area (Å²) in [6.45, 7) is 0. The molecule has 2 unspecified atom stereocenters. The van der Waals surface area contributed by atoms with E-state index in [1.54, 1.807) is 4.68 Å². The molecule has 2 N–H and O–H groups in total.